The van der Waals surface area contributed by atoms with Crippen molar-refractivity contribution in [3.05, 3.63) is 71.6 Å². The monoisotopic (exact) mass is 304 g/mol. The van der Waals surface area contributed by atoms with Gasteiger partial charge >= 0.3 is 0 Å². The molecule has 0 saturated carbocycles. The van der Waals surface area contributed by atoms with E-state index in [-0.39, 0.29) is 6.54 Å². The predicted molar refractivity (Wildman–Crippen MR) is 77.6 cm³/mol. The van der Waals surface area contributed by atoms with Crippen molar-refractivity contribution in [2.24, 2.45) is 0 Å². The lowest BCUT2D eigenvalue weighted by Crippen LogP contribution is -2.27. The summed E-state index contributed by atoms with van der Waals surface area (Å²) < 4.78 is 26.9. The van der Waals surface area contributed by atoms with Gasteiger partial charge in [-0.15, -0.1) is 0 Å². The van der Waals surface area contributed by atoms with Gasteiger partial charge in [0.05, 0.1) is 11.3 Å². The number of nitrogens with zero attached hydrogens (tertiary/aromatic N) is 1. The fourth-order valence-electron chi connectivity index (χ4n) is 1.82. The lowest BCUT2D eigenvalue weighted by Gasteiger charge is -2.13. The molecular formula is C16H14F2N2O2. The summed E-state index contributed by atoms with van der Waals surface area (Å²) in [6.45, 7) is -0.302. The number of aromatic nitrogens is 1. The summed E-state index contributed by atoms with van der Waals surface area (Å²) in [5.41, 5.74) is 0.134. The Labute approximate surface area is 126 Å². The number of nitrogens with one attached hydrogen (secondary N) is 1. The smallest absolute Gasteiger partial charge is 0.244 e. The molecule has 2 N–H and O–H groups in total. The number of hydrogen-bond acceptors (Lipinski definition) is 3. The normalized spacial score (nSPS) is 12.3. The third-order valence-corrected chi connectivity index (χ3v) is 2.90. The van der Waals surface area contributed by atoms with Gasteiger partial charge in [-0.2, -0.15) is 0 Å². The summed E-state index contributed by atoms with van der Waals surface area (Å²) in [7, 11) is 0. The zero-order chi connectivity index (χ0) is 15.9. The molecule has 0 aliphatic rings. The van der Waals surface area contributed by atoms with Crippen molar-refractivity contribution in [3.63, 3.8) is 0 Å². The number of aliphatic hydroxyl groups is 1. The molecule has 1 unspecified atom stereocenters. The molecular weight excluding hydrogens is 290 g/mol. The number of pyridine rings is 1. The first-order valence-corrected chi connectivity index (χ1v) is 6.57. The van der Waals surface area contributed by atoms with Crippen LogP contribution >= 0.6 is 0 Å². The van der Waals surface area contributed by atoms with Gasteiger partial charge in [-0.25, -0.2) is 8.78 Å². The number of halogens is 2. The van der Waals surface area contributed by atoms with E-state index in [1.54, 1.807) is 24.4 Å². The van der Waals surface area contributed by atoms with Crippen LogP contribution in [-0.4, -0.2) is 22.5 Å². The van der Waals surface area contributed by atoms with Crippen LogP contribution in [0.2, 0.25) is 0 Å². The van der Waals surface area contributed by atoms with E-state index in [1.165, 1.54) is 18.2 Å². The van der Waals surface area contributed by atoms with Crippen LogP contribution in [0.25, 0.3) is 6.08 Å². The van der Waals surface area contributed by atoms with E-state index in [0.29, 0.717) is 5.69 Å². The van der Waals surface area contributed by atoms with Crippen LogP contribution in [0, 0.1) is 11.6 Å². The predicted octanol–water partition coefficient (Wildman–Crippen LogP) is 2.22. The standard InChI is InChI=1S/C16H14F2N2O2/c17-12-5-3-6-13(18)16(12)14(21)10-20-15(22)8-7-11-4-1-2-9-19-11/h1-9,14,21H,10H2,(H,20,22)/b8-7+. The lowest BCUT2D eigenvalue weighted by atomic mass is 10.1. The second-order valence-corrected chi connectivity index (χ2v) is 4.48. The van der Waals surface area contributed by atoms with Crippen molar-refractivity contribution < 1.29 is 18.7 Å². The molecule has 4 nitrogen and oxygen atoms in total. The van der Waals surface area contributed by atoms with Crippen LogP contribution in [0.3, 0.4) is 0 Å². The summed E-state index contributed by atoms with van der Waals surface area (Å²) in [4.78, 5) is 15.6. The maximum Gasteiger partial charge on any atom is 0.244 e. The Morgan fingerprint density at radius 2 is 1.95 bits per heavy atom. The highest BCUT2D eigenvalue weighted by atomic mass is 19.1. The summed E-state index contributed by atoms with van der Waals surface area (Å²) in [6.07, 6.45) is 2.84. The average Bonchev–Trinajstić information content (AvgIpc) is 2.52. The number of amides is 1. The van der Waals surface area contributed by atoms with Gasteiger partial charge in [0.15, 0.2) is 0 Å². The molecule has 0 aliphatic heterocycles. The zero-order valence-corrected chi connectivity index (χ0v) is 11.5. The average molecular weight is 304 g/mol. The molecule has 2 aromatic rings. The van der Waals surface area contributed by atoms with Gasteiger partial charge in [-0.1, -0.05) is 12.1 Å². The van der Waals surface area contributed by atoms with E-state index in [2.05, 4.69) is 10.3 Å². The summed E-state index contributed by atoms with van der Waals surface area (Å²) in [6, 6.07) is 8.53. The molecule has 0 saturated heterocycles. The molecule has 0 aliphatic carbocycles. The highest BCUT2D eigenvalue weighted by Crippen LogP contribution is 2.19. The first kappa shape index (κ1) is 15.8. The molecule has 1 amide bonds. The van der Waals surface area contributed by atoms with Crippen molar-refractivity contribution in [1.29, 1.82) is 0 Å². The van der Waals surface area contributed by atoms with Crippen molar-refractivity contribution in [2.45, 2.75) is 6.10 Å². The molecule has 0 fully saturated rings. The van der Waals surface area contributed by atoms with Crippen molar-refractivity contribution in [3.8, 4) is 0 Å². The van der Waals surface area contributed by atoms with Crippen LogP contribution in [0.1, 0.15) is 17.4 Å². The first-order chi connectivity index (χ1) is 10.6. The van der Waals surface area contributed by atoms with Crippen molar-refractivity contribution in [2.75, 3.05) is 6.54 Å². The van der Waals surface area contributed by atoms with E-state index < -0.39 is 29.2 Å². The Morgan fingerprint density at radius 3 is 2.59 bits per heavy atom. The fourth-order valence-corrected chi connectivity index (χ4v) is 1.82. The molecule has 2 rings (SSSR count). The van der Waals surface area contributed by atoms with Crippen LogP contribution in [0.4, 0.5) is 8.78 Å². The third-order valence-electron chi connectivity index (χ3n) is 2.90. The minimum Gasteiger partial charge on any atom is -0.386 e. The first-order valence-electron chi connectivity index (χ1n) is 6.57. The molecule has 6 heteroatoms. The second-order valence-electron chi connectivity index (χ2n) is 4.48. The number of rotatable bonds is 5. The second kappa shape index (κ2) is 7.42. The maximum absolute atomic E-state index is 13.5. The van der Waals surface area contributed by atoms with Gasteiger partial charge < -0.3 is 10.4 Å². The van der Waals surface area contributed by atoms with E-state index >= 15 is 0 Å². The van der Waals surface area contributed by atoms with Crippen LogP contribution < -0.4 is 5.32 Å². The molecule has 1 aromatic heterocycles. The van der Waals surface area contributed by atoms with Gasteiger partial charge in [0.25, 0.3) is 0 Å². The molecule has 0 spiro atoms. The van der Waals surface area contributed by atoms with Gasteiger partial charge in [-0.05, 0) is 30.3 Å². The summed E-state index contributed by atoms with van der Waals surface area (Å²) >= 11 is 0. The Morgan fingerprint density at radius 1 is 1.23 bits per heavy atom. The van der Waals surface area contributed by atoms with Gasteiger partial charge in [0.2, 0.25) is 5.91 Å². The van der Waals surface area contributed by atoms with E-state index in [0.717, 1.165) is 12.1 Å². The lowest BCUT2D eigenvalue weighted by molar-refractivity contribution is -0.116. The Bertz CT molecular complexity index is 655. The van der Waals surface area contributed by atoms with Crippen molar-refractivity contribution >= 4 is 12.0 Å². The minimum atomic E-state index is -1.46. The van der Waals surface area contributed by atoms with Gasteiger partial charge in [0.1, 0.15) is 17.7 Å². The van der Waals surface area contributed by atoms with Crippen LogP contribution in [-0.2, 0) is 4.79 Å². The van der Waals surface area contributed by atoms with E-state index in [1.807, 2.05) is 0 Å². The number of hydrogen-bond donors (Lipinski definition) is 2. The SMILES string of the molecule is O=C(/C=C/c1ccccn1)NCC(O)c1c(F)cccc1F. The third kappa shape index (κ3) is 4.20. The van der Waals surface area contributed by atoms with Crippen LogP contribution in [0.15, 0.2) is 48.7 Å². The van der Waals surface area contributed by atoms with E-state index in [9.17, 15) is 18.7 Å². The quantitative estimate of drug-likeness (QED) is 0.833. The Balaban J connectivity index is 1.92. The number of benzene rings is 1. The minimum absolute atomic E-state index is 0.302. The topological polar surface area (TPSA) is 62.2 Å². The summed E-state index contributed by atoms with van der Waals surface area (Å²) in [5.74, 6) is -2.21. The fraction of sp³-hybridized carbons (Fsp3) is 0.125. The molecule has 114 valence electrons. The molecule has 1 aromatic carbocycles. The highest BCUT2D eigenvalue weighted by Gasteiger charge is 2.17. The Hall–Kier alpha value is -2.60. The van der Waals surface area contributed by atoms with Crippen molar-refractivity contribution in [1.82, 2.24) is 10.3 Å². The molecule has 22 heavy (non-hydrogen) atoms. The molecule has 0 bridgehead atoms. The highest BCUT2D eigenvalue weighted by molar-refractivity contribution is 5.91. The number of carbonyl (C=O) groups is 1. The molecule has 1 atom stereocenters. The Kier molecular flexibility index (Phi) is 5.32. The largest absolute Gasteiger partial charge is 0.386 e. The van der Waals surface area contributed by atoms with E-state index in [4.69, 9.17) is 0 Å². The van der Waals surface area contributed by atoms with Gasteiger partial charge in [0, 0.05) is 18.8 Å². The number of carbonyl (C=O) groups excluding carboxylic acids is 1. The maximum atomic E-state index is 13.5. The van der Waals surface area contributed by atoms with Gasteiger partial charge in [-0.3, -0.25) is 9.78 Å². The summed E-state index contributed by atoms with van der Waals surface area (Å²) in [5, 5.41) is 12.2. The van der Waals surface area contributed by atoms with Crippen LogP contribution in [0.5, 0.6) is 0 Å². The zero-order valence-electron chi connectivity index (χ0n) is 11.5. The number of aliphatic hydroxyl groups excluding tert-OH is 1. The molecule has 0 radical (unpaired) electrons. The molecule has 1 heterocycles.